The maximum Gasteiger partial charge on any atom is 0.341 e. The molecule has 2 atom stereocenters. The third-order valence-corrected chi connectivity index (χ3v) is 6.61. The number of carbonyl (C=O) groups is 5. The lowest BCUT2D eigenvalue weighted by atomic mass is 9.69. The van der Waals surface area contributed by atoms with Crippen LogP contribution in [0.2, 0.25) is 0 Å². The Balaban J connectivity index is 0.00000441. The van der Waals surface area contributed by atoms with Gasteiger partial charge in [0.15, 0.2) is 17.3 Å². The Morgan fingerprint density at radius 3 is 2.30 bits per heavy atom. The average molecular weight is 576 g/mol. The van der Waals surface area contributed by atoms with Crippen molar-refractivity contribution >= 4 is 52.5 Å². The molecule has 0 radical (unpaired) electrons. The van der Waals surface area contributed by atoms with Crippen molar-refractivity contribution in [2.45, 2.75) is 31.9 Å². The van der Waals surface area contributed by atoms with E-state index in [1.807, 2.05) is 0 Å². The van der Waals surface area contributed by atoms with E-state index in [0.717, 1.165) is 20.3 Å². The number of halogens is 1. The zero-order valence-electron chi connectivity index (χ0n) is 22.1. The Morgan fingerprint density at radius 1 is 1.10 bits per heavy atom. The highest BCUT2D eigenvalue weighted by Gasteiger charge is 2.59. The molecule has 0 aromatic heterocycles. The predicted molar refractivity (Wildman–Crippen MR) is 141 cm³/mol. The first-order chi connectivity index (χ1) is 18.3. The molecule has 2 aromatic rings. The number of aryl methyl sites for hydroxylation is 1. The number of carbonyl (C=O) groups excluding carboxylic acids is 5. The SMILES string of the molecule is COC(=O)c1c(OC)cc2cc3c(c(O)c2c1C)C(=O)C1(O)C(=O)C=C(OC)C(OC(=O)CC(C)N)=C1C3=O.Cl. The van der Waals surface area contributed by atoms with Gasteiger partial charge >= 0.3 is 11.9 Å². The highest BCUT2D eigenvalue weighted by atomic mass is 35.5. The molecule has 0 heterocycles. The van der Waals surface area contributed by atoms with Gasteiger partial charge in [-0.2, -0.15) is 0 Å². The molecule has 13 heteroatoms. The van der Waals surface area contributed by atoms with Gasteiger partial charge in [-0.15, -0.1) is 12.4 Å². The van der Waals surface area contributed by atoms with Crippen LogP contribution in [0.25, 0.3) is 10.8 Å². The molecule has 0 amide bonds. The number of methoxy groups -OCH3 is 3. The quantitative estimate of drug-likeness (QED) is 0.335. The fourth-order valence-corrected chi connectivity index (χ4v) is 4.83. The molecule has 12 nitrogen and oxygen atoms in total. The van der Waals surface area contributed by atoms with Gasteiger partial charge in [0, 0.05) is 23.1 Å². The van der Waals surface area contributed by atoms with Crippen molar-refractivity contribution in [1.29, 1.82) is 0 Å². The minimum atomic E-state index is -3.13. The Hall–Kier alpha value is -4.26. The molecule has 40 heavy (non-hydrogen) atoms. The van der Waals surface area contributed by atoms with Crippen LogP contribution in [0, 0.1) is 6.92 Å². The van der Waals surface area contributed by atoms with Crippen LogP contribution in [0.1, 0.15) is 50.0 Å². The molecule has 2 aliphatic carbocycles. The van der Waals surface area contributed by atoms with Crippen molar-refractivity contribution < 1.29 is 53.1 Å². The van der Waals surface area contributed by atoms with E-state index in [1.54, 1.807) is 0 Å². The van der Waals surface area contributed by atoms with Gasteiger partial charge < -0.3 is 34.9 Å². The zero-order chi connectivity index (χ0) is 29.0. The fraction of sp³-hybridized carbons (Fsp3) is 0.296. The van der Waals surface area contributed by atoms with Gasteiger partial charge in [-0.1, -0.05) is 0 Å². The maximum absolute atomic E-state index is 13.8. The Kier molecular flexibility index (Phi) is 8.12. The minimum absolute atomic E-state index is 0. The maximum atomic E-state index is 13.8. The summed E-state index contributed by atoms with van der Waals surface area (Å²) in [6.07, 6.45) is 0.434. The molecular formula is C27H26ClNO11. The number of esters is 2. The van der Waals surface area contributed by atoms with E-state index < -0.39 is 63.6 Å². The second-order valence-corrected chi connectivity index (χ2v) is 9.12. The molecule has 0 saturated heterocycles. The number of aromatic hydroxyl groups is 1. The Bertz CT molecular complexity index is 1570. The van der Waals surface area contributed by atoms with Gasteiger partial charge in [0.2, 0.25) is 17.2 Å². The van der Waals surface area contributed by atoms with Crippen molar-refractivity contribution in [3.8, 4) is 11.5 Å². The van der Waals surface area contributed by atoms with Crippen molar-refractivity contribution in [2.75, 3.05) is 21.3 Å². The second kappa shape index (κ2) is 10.7. The van der Waals surface area contributed by atoms with Gasteiger partial charge in [0.1, 0.15) is 17.1 Å². The summed E-state index contributed by atoms with van der Waals surface area (Å²) < 4.78 is 20.5. The molecule has 2 aliphatic rings. The predicted octanol–water partition coefficient (Wildman–Crippen LogP) is 1.83. The third kappa shape index (κ3) is 4.30. The highest BCUT2D eigenvalue weighted by molar-refractivity contribution is 6.38. The summed E-state index contributed by atoms with van der Waals surface area (Å²) in [5.74, 6) is -7.01. The summed E-state index contributed by atoms with van der Waals surface area (Å²) >= 11 is 0. The van der Waals surface area contributed by atoms with E-state index in [2.05, 4.69) is 0 Å². The number of fused-ring (bicyclic) bond motifs is 3. The monoisotopic (exact) mass is 575 g/mol. The topological polar surface area (TPSA) is 189 Å². The van der Waals surface area contributed by atoms with Crippen LogP contribution in [0.5, 0.6) is 11.5 Å². The summed E-state index contributed by atoms with van der Waals surface area (Å²) in [5, 5.41) is 22.9. The number of benzene rings is 2. The van der Waals surface area contributed by atoms with Crippen molar-refractivity contribution in [1.82, 2.24) is 0 Å². The van der Waals surface area contributed by atoms with Crippen LogP contribution >= 0.6 is 12.4 Å². The number of aliphatic hydroxyl groups is 1. The lowest BCUT2D eigenvalue weighted by Gasteiger charge is -2.35. The van der Waals surface area contributed by atoms with Crippen LogP contribution in [0.3, 0.4) is 0 Å². The van der Waals surface area contributed by atoms with Crippen molar-refractivity contribution in [2.24, 2.45) is 5.73 Å². The van der Waals surface area contributed by atoms with Crippen LogP contribution in [0.15, 0.2) is 35.3 Å². The molecule has 0 fully saturated rings. The number of hydrogen-bond acceptors (Lipinski definition) is 12. The lowest BCUT2D eigenvalue weighted by molar-refractivity contribution is -0.141. The average Bonchev–Trinajstić information content (AvgIpc) is 2.87. The molecule has 0 bridgehead atoms. The number of phenolic OH excluding ortho intramolecular Hbond substituents is 1. The number of Topliss-reactive ketones (excluding diaryl/α,β-unsaturated/α-hetero) is 2. The van der Waals surface area contributed by atoms with Crippen LogP contribution in [-0.2, 0) is 23.8 Å². The van der Waals surface area contributed by atoms with Crippen LogP contribution < -0.4 is 10.5 Å². The van der Waals surface area contributed by atoms with Crippen molar-refractivity contribution in [3.63, 3.8) is 0 Å². The second-order valence-electron chi connectivity index (χ2n) is 9.12. The number of ketones is 3. The van der Waals surface area contributed by atoms with Crippen molar-refractivity contribution in [3.05, 3.63) is 57.6 Å². The number of ether oxygens (including phenoxy) is 4. The van der Waals surface area contributed by atoms with Gasteiger partial charge in [0.25, 0.3) is 0 Å². The number of phenols is 1. The normalized spacial score (nSPS) is 18.8. The highest BCUT2D eigenvalue weighted by Crippen LogP contribution is 2.47. The van der Waals surface area contributed by atoms with Gasteiger partial charge in [-0.3, -0.25) is 19.2 Å². The fourth-order valence-electron chi connectivity index (χ4n) is 4.83. The summed E-state index contributed by atoms with van der Waals surface area (Å²) in [4.78, 5) is 65.5. The number of nitrogens with two attached hydrogens (primary N) is 1. The van der Waals surface area contributed by atoms with Crippen LogP contribution in [-0.4, -0.2) is 72.5 Å². The number of rotatable bonds is 6. The van der Waals surface area contributed by atoms with Gasteiger partial charge in [0.05, 0.1) is 38.9 Å². The van der Waals surface area contributed by atoms with Gasteiger partial charge in [-0.05, 0) is 36.9 Å². The third-order valence-electron chi connectivity index (χ3n) is 6.61. The van der Waals surface area contributed by atoms with E-state index in [9.17, 15) is 34.2 Å². The zero-order valence-corrected chi connectivity index (χ0v) is 22.9. The summed E-state index contributed by atoms with van der Waals surface area (Å²) in [6.45, 7) is 3.00. The molecule has 0 saturated carbocycles. The standard InChI is InChI=1S/C27H25NO11.ClH/c1-10(28)6-17(30)39-24-15(37-4)9-16(29)27(35)21(24)22(31)13-7-12-8-14(36-3)19(26(34)38-5)11(2)18(12)23(32)20(13)25(27)33;/h7-10,32,35H,6,28H2,1-5H3;1H. The smallest absolute Gasteiger partial charge is 0.341 e. The summed E-state index contributed by atoms with van der Waals surface area (Å²) in [6, 6.07) is 1.98. The first-order valence-electron chi connectivity index (χ1n) is 11.6. The van der Waals surface area contributed by atoms with E-state index in [-0.39, 0.29) is 57.8 Å². The molecular weight excluding hydrogens is 550 g/mol. The molecule has 0 spiro atoms. The molecule has 2 aromatic carbocycles. The largest absolute Gasteiger partial charge is 0.507 e. The van der Waals surface area contributed by atoms with E-state index in [4.69, 9.17) is 24.7 Å². The Labute approximate surface area is 233 Å². The molecule has 0 aliphatic heterocycles. The lowest BCUT2D eigenvalue weighted by Crippen LogP contribution is -2.55. The first kappa shape index (κ1) is 30.3. The van der Waals surface area contributed by atoms with Crippen LogP contribution in [0.4, 0.5) is 0 Å². The summed E-state index contributed by atoms with van der Waals surface area (Å²) in [5.41, 5.74) is 0.764. The molecule has 2 unspecified atom stereocenters. The Morgan fingerprint density at radius 2 is 1.75 bits per heavy atom. The first-order valence-corrected chi connectivity index (χ1v) is 11.6. The minimum Gasteiger partial charge on any atom is -0.507 e. The summed E-state index contributed by atoms with van der Waals surface area (Å²) in [7, 11) is 3.60. The molecule has 212 valence electrons. The van der Waals surface area contributed by atoms with E-state index in [1.165, 1.54) is 33.1 Å². The number of hydrogen-bond donors (Lipinski definition) is 3. The van der Waals surface area contributed by atoms with E-state index in [0.29, 0.717) is 0 Å². The molecule has 4 rings (SSSR count). The van der Waals surface area contributed by atoms with E-state index >= 15 is 0 Å². The van der Waals surface area contributed by atoms with Gasteiger partial charge in [-0.25, -0.2) is 4.79 Å². The molecule has 4 N–H and O–H groups in total.